The normalized spacial score (nSPS) is 18.3. The Morgan fingerprint density at radius 1 is 1.18 bits per heavy atom. The zero-order valence-electron chi connectivity index (χ0n) is 13.1. The van der Waals surface area contributed by atoms with Crippen molar-refractivity contribution in [1.82, 2.24) is 9.21 Å². The van der Waals surface area contributed by atoms with Crippen LogP contribution in [0.4, 0.5) is 0 Å². The molecule has 1 fully saturated rings. The molecule has 2 rings (SSSR count). The molecule has 7 heteroatoms. The van der Waals surface area contributed by atoms with Crippen LogP contribution in [0.5, 0.6) is 0 Å². The summed E-state index contributed by atoms with van der Waals surface area (Å²) in [6.45, 7) is 6.12. The predicted octanol–water partition coefficient (Wildman–Crippen LogP) is 3.49. The van der Waals surface area contributed by atoms with E-state index < -0.39 is 10.0 Å². The van der Waals surface area contributed by atoms with Gasteiger partial charge in [0.1, 0.15) is 4.90 Å². The molecule has 0 saturated carbocycles. The molecule has 1 aromatic carbocycles. The first-order valence-corrected chi connectivity index (χ1v) is 9.61. The van der Waals surface area contributed by atoms with Gasteiger partial charge in [-0.3, -0.25) is 0 Å². The zero-order chi connectivity index (χ0) is 16.5. The minimum Gasteiger partial charge on any atom is -0.301 e. The van der Waals surface area contributed by atoms with Crippen LogP contribution in [0, 0.1) is 0 Å². The highest BCUT2D eigenvalue weighted by atomic mass is 35.5. The average Bonchev–Trinajstić information content (AvgIpc) is 2.46. The maximum absolute atomic E-state index is 12.8. The molecule has 22 heavy (non-hydrogen) atoms. The van der Waals surface area contributed by atoms with Crippen molar-refractivity contribution in [3.8, 4) is 0 Å². The summed E-state index contributed by atoms with van der Waals surface area (Å²) >= 11 is 12.1. The number of nitrogens with zero attached hydrogens (tertiary/aromatic N) is 2. The Hall–Kier alpha value is -0.330. The van der Waals surface area contributed by atoms with E-state index in [1.165, 1.54) is 4.31 Å². The Morgan fingerprint density at radius 3 is 2.14 bits per heavy atom. The Kier molecular flexibility index (Phi) is 5.78. The van der Waals surface area contributed by atoms with Crippen LogP contribution < -0.4 is 0 Å². The van der Waals surface area contributed by atoms with Crippen LogP contribution in [-0.2, 0) is 10.0 Å². The number of piperidine rings is 1. The largest absolute Gasteiger partial charge is 0.301 e. The molecule has 0 atom stereocenters. The number of likely N-dealkylation sites (tertiary alicyclic amines) is 1. The van der Waals surface area contributed by atoms with Crippen molar-refractivity contribution in [2.75, 3.05) is 20.1 Å². The lowest BCUT2D eigenvalue weighted by molar-refractivity contribution is 0.140. The van der Waals surface area contributed by atoms with E-state index in [4.69, 9.17) is 23.2 Å². The third kappa shape index (κ3) is 3.60. The van der Waals surface area contributed by atoms with Crippen LogP contribution >= 0.6 is 23.2 Å². The van der Waals surface area contributed by atoms with E-state index in [1.807, 2.05) is 0 Å². The number of halogens is 2. The number of rotatable bonds is 4. The second kappa shape index (κ2) is 7.05. The molecular formula is C15H22Cl2N2O2S. The van der Waals surface area contributed by atoms with E-state index >= 15 is 0 Å². The second-order valence-electron chi connectivity index (χ2n) is 5.93. The maximum Gasteiger partial charge on any atom is 0.246 e. The van der Waals surface area contributed by atoms with E-state index in [0.29, 0.717) is 6.04 Å². The molecule has 1 aromatic rings. The van der Waals surface area contributed by atoms with Crippen molar-refractivity contribution in [2.45, 2.75) is 43.7 Å². The Bertz CT molecular complexity index is 606. The third-order valence-electron chi connectivity index (χ3n) is 4.30. The molecule has 124 valence electrons. The average molecular weight is 365 g/mol. The molecule has 0 bridgehead atoms. The van der Waals surface area contributed by atoms with Crippen LogP contribution in [-0.4, -0.2) is 49.8 Å². The van der Waals surface area contributed by atoms with Gasteiger partial charge in [-0.15, -0.1) is 0 Å². The Labute approximate surface area is 143 Å². The van der Waals surface area contributed by atoms with Crippen LogP contribution in [0.2, 0.25) is 10.0 Å². The summed E-state index contributed by atoms with van der Waals surface area (Å²) in [5, 5.41) is 0.331. The summed E-state index contributed by atoms with van der Waals surface area (Å²) in [6, 6.07) is 5.21. The molecule has 1 heterocycles. The topological polar surface area (TPSA) is 40.6 Å². The Balaban J connectivity index is 2.20. The van der Waals surface area contributed by atoms with Crippen molar-refractivity contribution >= 4 is 33.2 Å². The molecule has 0 N–H and O–H groups in total. The highest BCUT2D eigenvalue weighted by Gasteiger charge is 2.33. The van der Waals surface area contributed by atoms with E-state index in [9.17, 15) is 8.42 Å². The quantitative estimate of drug-likeness (QED) is 0.820. The van der Waals surface area contributed by atoms with Crippen LogP contribution in [0.15, 0.2) is 23.1 Å². The number of sulfonamides is 1. The molecular weight excluding hydrogens is 343 g/mol. The second-order valence-corrected chi connectivity index (χ2v) is 8.68. The molecule has 0 aliphatic carbocycles. The van der Waals surface area contributed by atoms with E-state index in [1.54, 1.807) is 25.2 Å². The van der Waals surface area contributed by atoms with E-state index in [2.05, 4.69) is 18.7 Å². The summed E-state index contributed by atoms with van der Waals surface area (Å²) < 4.78 is 27.1. The first-order chi connectivity index (χ1) is 10.2. The summed E-state index contributed by atoms with van der Waals surface area (Å²) in [5.74, 6) is 0. The van der Waals surface area contributed by atoms with Crippen LogP contribution in [0.3, 0.4) is 0 Å². The van der Waals surface area contributed by atoms with Crippen LogP contribution in [0.1, 0.15) is 26.7 Å². The SMILES string of the molecule is CC(C)N1CCC(N(C)S(=O)(=O)c2c(Cl)cccc2Cl)CC1. The predicted molar refractivity (Wildman–Crippen MR) is 91.1 cm³/mol. The highest BCUT2D eigenvalue weighted by molar-refractivity contribution is 7.89. The van der Waals surface area contributed by atoms with Crippen molar-refractivity contribution in [1.29, 1.82) is 0 Å². The van der Waals surface area contributed by atoms with Gasteiger partial charge in [-0.1, -0.05) is 29.3 Å². The van der Waals surface area contributed by atoms with Gasteiger partial charge >= 0.3 is 0 Å². The summed E-state index contributed by atoms with van der Waals surface area (Å²) in [5.41, 5.74) is 0. The van der Waals surface area contributed by atoms with Crippen molar-refractivity contribution < 1.29 is 8.42 Å². The lowest BCUT2D eigenvalue weighted by Gasteiger charge is -2.38. The lowest BCUT2D eigenvalue weighted by Crippen LogP contribution is -2.47. The number of benzene rings is 1. The van der Waals surface area contributed by atoms with Gasteiger partial charge in [-0.25, -0.2) is 8.42 Å². The van der Waals surface area contributed by atoms with Crippen molar-refractivity contribution in [2.24, 2.45) is 0 Å². The van der Waals surface area contributed by atoms with Gasteiger partial charge in [0, 0.05) is 19.1 Å². The van der Waals surface area contributed by atoms with E-state index in [0.717, 1.165) is 25.9 Å². The van der Waals surface area contributed by atoms with Gasteiger partial charge < -0.3 is 4.90 Å². The molecule has 0 amide bonds. The first kappa shape index (κ1) is 18.0. The molecule has 1 aliphatic rings. The van der Waals surface area contributed by atoms with Crippen molar-refractivity contribution in [3.05, 3.63) is 28.2 Å². The lowest BCUT2D eigenvalue weighted by atomic mass is 10.0. The first-order valence-electron chi connectivity index (χ1n) is 7.41. The Morgan fingerprint density at radius 2 is 1.68 bits per heavy atom. The molecule has 1 aliphatic heterocycles. The number of hydrogen-bond acceptors (Lipinski definition) is 3. The summed E-state index contributed by atoms with van der Waals surface area (Å²) in [6.07, 6.45) is 1.63. The molecule has 0 unspecified atom stereocenters. The van der Waals surface area contributed by atoms with Crippen LogP contribution in [0.25, 0.3) is 0 Å². The molecule has 0 aromatic heterocycles. The maximum atomic E-state index is 12.8. The molecule has 1 saturated heterocycles. The fraction of sp³-hybridized carbons (Fsp3) is 0.600. The van der Waals surface area contributed by atoms with E-state index in [-0.39, 0.29) is 21.0 Å². The van der Waals surface area contributed by atoms with Gasteiger partial charge in [-0.05, 0) is 51.9 Å². The fourth-order valence-corrected chi connectivity index (χ4v) is 5.34. The third-order valence-corrected chi connectivity index (χ3v) is 7.17. The van der Waals surface area contributed by atoms with Crippen molar-refractivity contribution in [3.63, 3.8) is 0 Å². The van der Waals surface area contributed by atoms with Gasteiger partial charge in [0.25, 0.3) is 0 Å². The van der Waals surface area contributed by atoms with Gasteiger partial charge in [0.2, 0.25) is 10.0 Å². The van der Waals surface area contributed by atoms with Gasteiger partial charge in [0.05, 0.1) is 10.0 Å². The molecule has 0 spiro atoms. The number of hydrogen-bond donors (Lipinski definition) is 0. The minimum atomic E-state index is -3.69. The molecule has 4 nitrogen and oxygen atoms in total. The standard InChI is InChI=1S/C15H22Cl2N2O2S/c1-11(2)19-9-7-12(8-10-19)18(3)22(20,21)15-13(16)5-4-6-14(15)17/h4-6,11-12H,7-10H2,1-3H3. The highest BCUT2D eigenvalue weighted by Crippen LogP contribution is 2.33. The molecule has 0 radical (unpaired) electrons. The zero-order valence-corrected chi connectivity index (χ0v) is 15.4. The van der Waals surface area contributed by atoms with Gasteiger partial charge in [0.15, 0.2) is 0 Å². The summed E-state index contributed by atoms with van der Waals surface area (Å²) in [7, 11) is -2.07. The van der Waals surface area contributed by atoms with Gasteiger partial charge in [-0.2, -0.15) is 4.31 Å². The fourth-order valence-electron chi connectivity index (χ4n) is 2.84. The monoisotopic (exact) mass is 364 g/mol. The minimum absolute atomic E-state index is 0.00659. The smallest absolute Gasteiger partial charge is 0.246 e. The summed E-state index contributed by atoms with van der Waals surface area (Å²) in [4.78, 5) is 2.37.